The molecule has 1 aromatic heterocycles. The number of hydrogen-bond donors (Lipinski definition) is 0. The Morgan fingerprint density at radius 2 is 2.11 bits per heavy atom. The summed E-state index contributed by atoms with van der Waals surface area (Å²) in [6.45, 7) is 2.01. The molecule has 6 heteroatoms. The summed E-state index contributed by atoms with van der Waals surface area (Å²) < 4.78 is 10.1. The maximum atomic E-state index is 12.0. The molecule has 0 atom stereocenters. The van der Waals surface area contributed by atoms with Gasteiger partial charge in [-0.15, -0.1) is 0 Å². The number of hydrogen-bond acceptors (Lipinski definition) is 6. The van der Waals surface area contributed by atoms with Crippen molar-refractivity contribution in [3.05, 3.63) is 35.7 Å². The van der Waals surface area contributed by atoms with E-state index in [1.54, 1.807) is 31.4 Å². The molecule has 2 rings (SSSR count). The van der Waals surface area contributed by atoms with Gasteiger partial charge in [0.2, 0.25) is 0 Å². The monoisotopic (exact) mass is 294 g/mol. The highest BCUT2D eigenvalue weighted by Crippen LogP contribution is 2.22. The second-order valence-electron chi connectivity index (χ2n) is 3.77. The summed E-state index contributed by atoms with van der Waals surface area (Å²) in [5, 5.41) is 0. The molecule has 1 heterocycles. The van der Waals surface area contributed by atoms with Crippen LogP contribution in [0, 0.1) is 0 Å². The smallest absolute Gasteiger partial charge is 0.173 e. The number of methoxy groups -OCH3 is 1. The van der Waals surface area contributed by atoms with Gasteiger partial charge in [0, 0.05) is 12.0 Å². The van der Waals surface area contributed by atoms with Crippen LogP contribution in [0.5, 0.6) is 5.75 Å². The van der Waals surface area contributed by atoms with E-state index in [2.05, 4.69) is 9.36 Å². The number of ether oxygens (including phenoxy) is 1. The number of carbonyl (C=O) groups excluding carboxylic acids is 1. The maximum absolute atomic E-state index is 12.0. The van der Waals surface area contributed by atoms with Gasteiger partial charge < -0.3 is 4.74 Å². The highest BCUT2D eigenvalue weighted by atomic mass is 32.2. The summed E-state index contributed by atoms with van der Waals surface area (Å²) in [5.41, 5.74) is 0.688. The number of ketones is 1. The molecule has 4 nitrogen and oxygen atoms in total. The first-order chi connectivity index (χ1) is 9.22. The van der Waals surface area contributed by atoms with Crippen molar-refractivity contribution in [2.24, 2.45) is 0 Å². The van der Waals surface area contributed by atoms with Crippen molar-refractivity contribution in [3.8, 4) is 5.75 Å². The molecule has 0 amide bonds. The first kappa shape index (κ1) is 14.0. The third kappa shape index (κ3) is 3.78. The number of aryl methyl sites for hydroxylation is 1. The van der Waals surface area contributed by atoms with Crippen molar-refractivity contribution in [3.63, 3.8) is 0 Å². The minimum Gasteiger partial charge on any atom is -0.497 e. The largest absolute Gasteiger partial charge is 0.497 e. The Hall–Kier alpha value is -1.40. The molecule has 0 spiro atoms. The number of nitrogens with zero attached hydrogens (tertiary/aromatic N) is 2. The number of aromatic nitrogens is 2. The van der Waals surface area contributed by atoms with Gasteiger partial charge in [0.15, 0.2) is 10.1 Å². The van der Waals surface area contributed by atoms with Crippen molar-refractivity contribution >= 4 is 29.1 Å². The summed E-state index contributed by atoms with van der Waals surface area (Å²) in [7, 11) is 1.60. The number of carbonyl (C=O) groups is 1. The van der Waals surface area contributed by atoms with E-state index in [4.69, 9.17) is 4.74 Å². The van der Waals surface area contributed by atoms with Gasteiger partial charge in [0.25, 0.3) is 0 Å². The molecule has 0 saturated heterocycles. The summed E-state index contributed by atoms with van der Waals surface area (Å²) in [6.07, 6.45) is 0.823. The standard InChI is InChI=1S/C13H14N2O2S2/c1-3-12-14-13(19-15-12)18-8-11(16)9-4-6-10(17-2)7-5-9/h4-7H,3,8H2,1-2H3. The van der Waals surface area contributed by atoms with Crippen LogP contribution in [-0.2, 0) is 6.42 Å². The number of benzene rings is 1. The predicted molar refractivity (Wildman–Crippen MR) is 77.3 cm³/mol. The topological polar surface area (TPSA) is 52.1 Å². The molecule has 19 heavy (non-hydrogen) atoms. The van der Waals surface area contributed by atoms with E-state index in [0.29, 0.717) is 11.3 Å². The van der Waals surface area contributed by atoms with Gasteiger partial charge in [-0.1, -0.05) is 18.7 Å². The van der Waals surface area contributed by atoms with Crippen molar-refractivity contribution in [1.82, 2.24) is 9.36 Å². The third-order valence-corrected chi connectivity index (χ3v) is 4.38. The number of Topliss-reactive ketones (excluding diaryl/α,β-unsaturated/α-hetero) is 1. The second kappa shape index (κ2) is 6.68. The first-order valence-corrected chi connectivity index (χ1v) is 7.61. The Kier molecular flexibility index (Phi) is 4.93. The fraction of sp³-hybridized carbons (Fsp3) is 0.308. The van der Waals surface area contributed by atoms with Crippen LogP contribution in [0.4, 0.5) is 0 Å². The molecule has 1 aromatic carbocycles. The minimum absolute atomic E-state index is 0.0842. The lowest BCUT2D eigenvalue weighted by Gasteiger charge is -2.01. The van der Waals surface area contributed by atoms with Crippen LogP contribution in [0.15, 0.2) is 28.6 Å². The van der Waals surface area contributed by atoms with E-state index >= 15 is 0 Å². The van der Waals surface area contributed by atoms with E-state index in [-0.39, 0.29) is 5.78 Å². The van der Waals surface area contributed by atoms with Gasteiger partial charge in [0.05, 0.1) is 12.9 Å². The molecule has 0 fully saturated rings. The van der Waals surface area contributed by atoms with Crippen molar-refractivity contribution < 1.29 is 9.53 Å². The molecular formula is C13H14N2O2S2. The van der Waals surface area contributed by atoms with Crippen LogP contribution in [0.25, 0.3) is 0 Å². The molecule has 0 saturated carbocycles. The molecule has 2 aromatic rings. The molecule has 0 unspecified atom stereocenters. The van der Waals surface area contributed by atoms with Crippen LogP contribution in [0.2, 0.25) is 0 Å². The fourth-order valence-corrected chi connectivity index (χ4v) is 3.02. The SMILES string of the molecule is CCc1nsc(SCC(=O)c2ccc(OC)cc2)n1. The zero-order chi connectivity index (χ0) is 13.7. The normalized spacial score (nSPS) is 10.4. The van der Waals surface area contributed by atoms with E-state index in [1.807, 2.05) is 6.92 Å². The summed E-state index contributed by atoms with van der Waals surface area (Å²) >= 11 is 2.78. The number of thioether (sulfide) groups is 1. The fourth-order valence-electron chi connectivity index (χ4n) is 1.43. The third-order valence-electron chi connectivity index (χ3n) is 2.50. The minimum atomic E-state index is 0.0842. The maximum Gasteiger partial charge on any atom is 0.173 e. The van der Waals surface area contributed by atoms with Crippen LogP contribution in [0.1, 0.15) is 23.1 Å². The van der Waals surface area contributed by atoms with Crippen LogP contribution < -0.4 is 4.74 Å². The highest BCUT2D eigenvalue weighted by molar-refractivity contribution is 8.01. The van der Waals surface area contributed by atoms with Gasteiger partial charge in [-0.3, -0.25) is 4.79 Å². The molecule has 0 aliphatic carbocycles. The van der Waals surface area contributed by atoms with Gasteiger partial charge in [0.1, 0.15) is 11.6 Å². The van der Waals surface area contributed by atoms with E-state index in [0.717, 1.165) is 22.3 Å². The second-order valence-corrected chi connectivity index (χ2v) is 5.74. The molecule has 0 radical (unpaired) electrons. The Morgan fingerprint density at radius 3 is 2.68 bits per heavy atom. The lowest BCUT2D eigenvalue weighted by atomic mass is 10.1. The Bertz CT molecular complexity index is 552. The Morgan fingerprint density at radius 1 is 1.37 bits per heavy atom. The summed E-state index contributed by atoms with van der Waals surface area (Å²) in [4.78, 5) is 16.3. The molecule has 100 valence electrons. The molecule has 0 bridgehead atoms. The lowest BCUT2D eigenvalue weighted by molar-refractivity contribution is 0.102. The van der Waals surface area contributed by atoms with Crippen LogP contribution in [0.3, 0.4) is 0 Å². The Balaban J connectivity index is 1.93. The van der Waals surface area contributed by atoms with E-state index in [9.17, 15) is 4.79 Å². The van der Waals surface area contributed by atoms with Crippen LogP contribution >= 0.6 is 23.3 Å². The van der Waals surface area contributed by atoms with Crippen molar-refractivity contribution in [2.75, 3.05) is 12.9 Å². The average molecular weight is 294 g/mol. The zero-order valence-electron chi connectivity index (χ0n) is 10.8. The first-order valence-electron chi connectivity index (χ1n) is 5.85. The Labute approximate surface area is 120 Å². The van der Waals surface area contributed by atoms with Gasteiger partial charge in [-0.25, -0.2) is 4.98 Å². The molecular weight excluding hydrogens is 280 g/mol. The zero-order valence-corrected chi connectivity index (χ0v) is 12.4. The lowest BCUT2D eigenvalue weighted by Crippen LogP contribution is -2.02. The molecule has 0 aliphatic heterocycles. The molecule has 0 aliphatic rings. The van der Waals surface area contributed by atoms with Crippen molar-refractivity contribution in [2.45, 2.75) is 17.7 Å². The summed E-state index contributed by atoms with van der Waals surface area (Å²) in [5.74, 6) is 2.05. The average Bonchev–Trinajstić information content (AvgIpc) is 2.93. The number of rotatable bonds is 6. The quantitative estimate of drug-likeness (QED) is 0.605. The van der Waals surface area contributed by atoms with E-state index in [1.165, 1.54) is 23.3 Å². The van der Waals surface area contributed by atoms with Crippen LogP contribution in [-0.4, -0.2) is 28.0 Å². The molecule has 0 N–H and O–H groups in total. The van der Waals surface area contributed by atoms with Crippen molar-refractivity contribution in [1.29, 1.82) is 0 Å². The van der Waals surface area contributed by atoms with Gasteiger partial charge >= 0.3 is 0 Å². The highest BCUT2D eigenvalue weighted by Gasteiger charge is 2.09. The van der Waals surface area contributed by atoms with Gasteiger partial charge in [-0.2, -0.15) is 4.37 Å². The predicted octanol–water partition coefficient (Wildman–Crippen LogP) is 3.08. The van der Waals surface area contributed by atoms with Gasteiger partial charge in [-0.05, 0) is 35.8 Å². The summed E-state index contributed by atoms with van der Waals surface area (Å²) in [6, 6.07) is 7.13. The van der Waals surface area contributed by atoms with E-state index < -0.39 is 0 Å².